The Bertz CT molecular complexity index is 817. The zero-order valence-electron chi connectivity index (χ0n) is 13.5. The smallest absolute Gasteiger partial charge is 0.269 e. The van der Waals surface area contributed by atoms with Crippen molar-refractivity contribution in [2.75, 3.05) is 11.9 Å². The second-order valence-electron chi connectivity index (χ2n) is 5.88. The highest BCUT2D eigenvalue weighted by Crippen LogP contribution is 2.18. The number of benzene rings is 2. The Morgan fingerprint density at radius 1 is 1.20 bits per heavy atom. The van der Waals surface area contributed by atoms with Gasteiger partial charge in [0.1, 0.15) is 0 Å². The molecule has 1 N–H and O–H groups in total. The maximum atomic E-state index is 12.4. The maximum absolute atomic E-state index is 12.4. The average molecular weight is 339 g/mol. The third-order valence-electron chi connectivity index (χ3n) is 4.07. The summed E-state index contributed by atoms with van der Waals surface area (Å²) in [5.41, 5.74) is 1.82. The first kappa shape index (κ1) is 16.6. The van der Waals surface area contributed by atoms with Crippen LogP contribution in [0.25, 0.3) is 0 Å². The fourth-order valence-corrected chi connectivity index (χ4v) is 2.77. The van der Waals surface area contributed by atoms with Crippen LogP contribution in [0.15, 0.2) is 48.5 Å². The molecule has 7 nitrogen and oxygen atoms in total. The zero-order valence-corrected chi connectivity index (χ0v) is 13.5. The van der Waals surface area contributed by atoms with Crippen molar-refractivity contribution >= 4 is 23.2 Å². The Kier molecular flexibility index (Phi) is 4.74. The van der Waals surface area contributed by atoms with E-state index in [-0.39, 0.29) is 17.5 Å². The molecule has 2 aromatic rings. The van der Waals surface area contributed by atoms with E-state index in [4.69, 9.17) is 0 Å². The molecule has 0 saturated carbocycles. The molecule has 2 aromatic carbocycles. The van der Waals surface area contributed by atoms with Crippen LogP contribution < -0.4 is 5.32 Å². The molecule has 0 atom stereocenters. The maximum Gasteiger partial charge on any atom is 0.269 e. The van der Waals surface area contributed by atoms with E-state index in [1.54, 1.807) is 23.1 Å². The fraction of sp³-hybridized carbons (Fsp3) is 0.222. The number of rotatable bonds is 5. The van der Waals surface area contributed by atoms with Crippen LogP contribution in [0.5, 0.6) is 0 Å². The van der Waals surface area contributed by atoms with Gasteiger partial charge in [0.2, 0.25) is 5.91 Å². The Labute approximate surface area is 144 Å². The van der Waals surface area contributed by atoms with Crippen LogP contribution in [-0.2, 0) is 11.3 Å². The number of hydrogen-bond acceptors (Lipinski definition) is 4. The predicted molar refractivity (Wildman–Crippen MR) is 92.1 cm³/mol. The summed E-state index contributed by atoms with van der Waals surface area (Å²) < 4.78 is 0. The first-order valence-electron chi connectivity index (χ1n) is 7.95. The van der Waals surface area contributed by atoms with Crippen LogP contribution in [-0.4, -0.2) is 28.2 Å². The molecule has 1 aliphatic rings. The van der Waals surface area contributed by atoms with Crippen LogP contribution in [0.2, 0.25) is 0 Å². The third kappa shape index (κ3) is 4.00. The SMILES string of the molecule is O=C(Nc1ccc([N+](=O)[O-])cc1)c1cccc(CN2CCCC2=O)c1. The van der Waals surface area contributed by atoms with Crippen molar-refractivity contribution in [3.05, 3.63) is 69.8 Å². The number of hydrogen-bond donors (Lipinski definition) is 1. The minimum atomic E-state index is -0.491. The van der Waals surface area contributed by atoms with Gasteiger partial charge in [0.25, 0.3) is 11.6 Å². The highest BCUT2D eigenvalue weighted by Gasteiger charge is 2.20. The van der Waals surface area contributed by atoms with E-state index in [1.807, 2.05) is 6.07 Å². The molecule has 128 valence electrons. The molecule has 1 aliphatic heterocycles. The summed E-state index contributed by atoms with van der Waals surface area (Å²) in [6, 6.07) is 12.8. The molecule has 2 amide bonds. The lowest BCUT2D eigenvalue weighted by Crippen LogP contribution is -2.24. The molecule has 0 spiro atoms. The Morgan fingerprint density at radius 3 is 2.60 bits per heavy atom. The number of nitrogens with one attached hydrogen (secondary N) is 1. The second kappa shape index (κ2) is 7.12. The number of nitrogens with zero attached hydrogens (tertiary/aromatic N) is 2. The molecule has 3 rings (SSSR count). The minimum absolute atomic E-state index is 0.0322. The quantitative estimate of drug-likeness (QED) is 0.669. The molecule has 7 heteroatoms. The lowest BCUT2D eigenvalue weighted by atomic mass is 10.1. The van der Waals surface area contributed by atoms with E-state index in [9.17, 15) is 19.7 Å². The van der Waals surface area contributed by atoms with E-state index in [0.29, 0.717) is 24.2 Å². The lowest BCUT2D eigenvalue weighted by Gasteiger charge is -2.16. The molecule has 0 bridgehead atoms. The van der Waals surface area contributed by atoms with Crippen LogP contribution in [0, 0.1) is 10.1 Å². The molecule has 0 aliphatic carbocycles. The number of amides is 2. The Hall–Kier alpha value is -3.22. The van der Waals surface area contributed by atoms with Gasteiger partial charge in [0.15, 0.2) is 0 Å². The first-order chi connectivity index (χ1) is 12.0. The predicted octanol–water partition coefficient (Wildman–Crippen LogP) is 2.97. The summed E-state index contributed by atoms with van der Waals surface area (Å²) in [6.45, 7) is 1.25. The molecule has 1 heterocycles. The highest BCUT2D eigenvalue weighted by molar-refractivity contribution is 6.04. The number of carbonyl (C=O) groups is 2. The van der Waals surface area contributed by atoms with Gasteiger partial charge in [-0.1, -0.05) is 12.1 Å². The fourth-order valence-electron chi connectivity index (χ4n) is 2.77. The third-order valence-corrected chi connectivity index (χ3v) is 4.07. The normalized spacial score (nSPS) is 13.8. The van der Waals surface area contributed by atoms with Gasteiger partial charge in [-0.3, -0.25) is 19.7 Å². The average Bonchev–Trinajstić information content (AvgIpc) is 3.00. The summed E-state index contributed by atoms with van der Waals surface area (Å²) >= 11 is 0. The van der Waals surface area contributed by atoms with E-state index in [2.05, 4.69) is 5.32 Å². The van der Waals surface area contributed by atoms with Gasteiger partial charge < -0.3 is 10.2 Å². The number of likely N-dealkylation sites (tertiary alicyclic amines) is 1. The van der Waals surface area contributed by atoms with E-state index < -0.39 is 4.92 Å². The van der Waals surface area contributed by atoms with Crippen molar-refractivity contribution in [3.8, 4) is 0 Å². The molecule has 25 heavy (non-hydrogen) atoms. The van der Waals surface area contributed by atoms with Crippen molar-refractivity contribution in [3.63, 3.8) is 0 Å². The van der Waals surface area contributed by atoms with Crippen molar-refractivity contribution in [2.24, 2.45) is 0 Å². The minimum Gasteiger partial charge on any atom is -0.338 e. The number of carbonyl (C=O) groups excluding carboxylic acids is 2. The van der Waals surface area contributed by atoms with E-state index in [0.717, 1.165) is 18.5 Å². The molecule has 0 radical (unpaired) electrons. The largest absolute Gasteiger partial charge is 0.338 e. The van der Waals surface area contributed by atoms with Crippen molar-refractivity contribution < 1.29 is 14.5 Å². The van der Waals surface area contributed by atoms with E-state index in [1.165, 1.54) is 24.3 Å². The number of anilines is 1. The monoisotopic (exact) mass is 339 g/mol. The van der Waals surface area contributed by atoms with Gasteiger partial charge in [0.05, 0.1) is 4.92 Å². The Morgan fingerprint density at radius 2 is 1.96 bits per heavy atom. The highest BCUT2D eigenvalue weighted by atomic mass is 16.6. The molecule has 1 fully saturated rings. The van der Waals surface area contributed by atoms with Gasteiger partial charge in [-0.05, 0) is 36.2 Å². The summed E-state index contributed by atoms with van der Waals surface area (Å²) in [6.07, 6.45) is 1.46. The zero-order chi connectivity index (χ0) is 17.8. The second-order valence-corrected chi connectivity index (χ2v) is 5.88. The number of non-ortho nitro benzene ring substituents is 1. The molecular formula is C18H17N3O4. The van der Waals surface area contributed by atoms with Gasteiger partial charge >= 0.3 is 0 Å². The molecule has 0 unspecified atom stereocenters. The first-order valence-corrected chi connectivity index (χ1v) is 7.95. The lowest BCUT2D eigenvalue weighted by molar-refractivity contribution is -0.384. The van der Waals surface area contributed by atoms with Gasteiger partial charge in [-0.2, -0.15) is 0 Å². The standard InChI is InChI=1S/C18H17N3O4/c22-17-5-2-10-20(17)12-13-3-1-4-14(11-13)18(23)19-15-6-8-16(9-7-15)21(24)25/h1,3-4,6-9,11H,2,5,10,12H2,(H,19,23). The topological polar surface area (TPSA) is 92.5 Å². The molecule has 1 saturated heterocycles. The van der Waals surface area contributed by atoms with Gasteiger partial charge in [-0.15, -0.1) is 0 Å². The summed E-state index contributed by atoms with van der Waals surface area (Å²) in [7, 11) is 0. The summed E-state index contributed by atoms with van der Waals surface area (Å²) in [4.78, 5) is 36.0. The van der Waals surface area contributed by atoms with Crippen LogP contribution in [0.3, 0.4) is 0 Å². The Balaban J connectivity index is 1.68. The molecular weight excluding hydrogens is 322 g/mol. The number of nitro groups is 1. The summed E-state index contributed by atoms with van der Waals surface area (Å²) in [5, 5.41) is 13.4. The van der Waals surface area contributed by atoms with Gasteiger partial charge in [0, 0.05) is 42.9 Å². The van der Waals surface area contributed by atoms with Crippen molar-refractivity contribution in [1.82, 2.24) is 4.90 Å². The van der Waals surface area contributed by atoms with Crippen molar-refractivity contribution in [2.45, 2.75) is 19.4 Å². The molecule has 0 aromatic heterocycles. The number of nitro benzene ring substituents is 1. The van der Waals surface area contributed by atoms with Crippen LogP contribution in [0.4, 0.5) is 11.4 Å². The van der Waals surface area contributed by atoms with Gasteiger partial charge in [-0.25, -0.2) is 0 Å². The van der Waals surface area contributed by atoms with Crippen molar-refractivity contribution in [1.29, 1.82) is 0 Å². The van der Waals surface area contributed by atoms with Crippen LogP contribution >= 0.6 is 0 Å². The summed E-state index contributed by atoms with van der Waals surface area (Å²) in [5.74, 6) is -0.163. The van der Waals surface area contributed by atoms with E-state index >= 15 is 0 Å². The van der Waals surface area contributed by atoms with Crippen LogP contribution in [0.1, 0.15) is 28.8 Å².